The number of aliphatic imine (C=N–C) groups is 1. The molecule has 0 bridgehead atoms. The first-order valence-corrected chi connectivity index (χ1v) is 9.55. The number of nitrogens with one attached hydrogen (secondary N) is 1. The van der Waals surface area contributed by atoms with Gasteiger partial charge < -0.3 is 14.8 Å². The predicted octanol–water partition coefficient (Wildman–Crippen LogP) is 4.37. The van der Waals surface area contributed by atoms with Crippen molar-refractivity contribution in [2.75, 3.05) is 14.1 Å². The van der Waals surface area contributed by atoms with Crippen LogP contribution in [0.15, 0.2) is 27.1 Å². The molecule has 0 saturated carbocycles. The maximum absolute atomic E-state index is 4.72. The van der Waals surface area contributed by atoms with Gasteiger partial charge in [-0.3, -0.25) is 4.99 Å². The summed E-state index contributed by atoms with van der Waals surface area (Å²) >= 11 is 5.23. The van der Waals surface area contributed by atoms with Crippen molar-refractivity contribution in [1.29, 1.82) is 0 Å². The Morgan fingerprint density at radius 3 is 2.60 bits per heavy atom. The van der Waals surface area contributed by atoms with Gasteiger partial charge in [-0.1, -0.05) is 20.8 Å². The first-order chi connectivity index (χ1) is 11.2. The van der Waals surface area contributed by atoms with Crippen molar-refractivity contribution in [2.24, 2.45) is 12.0 Å². The molecular weight excluding hydrogens is 513 g/mol. The Balaban J connectivity index is 0.00000312. The highest BCUT2D eigenvalue weighted by Gasteiger charge is 2.18. The van der Waals surface area contributed by atoms with Crippen LogP contribution >= 0.6 is 51.2 Å². The van der Waals surface area contributed by atoms with Gasteiger partial charge in [0.2, 0.25) is 0 Å². The number of halogens is 2. The lowest BCUT2D eigenvalue weighted by Crippen LogP contribution is -2.38. The standard InChI is InChI=1S/C17H26BrN5S.HI/c1-17(2,3)15-21-13(11-24-15)8-20-16(19-4)23(6)10-14-7-12(18)9-22(14)5;/h7,9,11H,8,10H2,1-6H3,(H,19,20);1H. The zero-order valence-corrected chi connectivity index (χ0v) is 20.4. The van der Waals surface area contributed by atoms with E-state index in [-0.39, 0.29) is 29.4 Å². The number of guanidine groups is 1. The second-order valence-electron chi connectivity index (χ2n) is 6.91. The van der Waals surface area contributed by atoms with E-state index in [1.165, 1.54) is 5.69 Å². The van der Waals surface area contributed by atoms with E-state index in [2.05, 4.69) is 74.1 Å². The van der Waals surface area contributed by atoms with Gasteiger partial charge >= 0.3 is 0 Å². The third kappa shape index (κ3) is 6.25. The van der Waals surface area contributed by atoms with Crippen molar-refractivity contribution in [1.82, 2.24) is 19.8 Å². The van der Waals surface area contributed by atoms with Gasteiger partial charge in [-0.2, -0.15) is 0 Å². The lowest BCUT2D eigenvalue weighted by Gasteiger charge is -2.22. The molecule has 0 aliphatic carbocycles. The molecule has 0 saturated heterocycles. The highest BCUT2D eigenvalue weighted by atomic mass is 127. The van der Waals surface area contributed by atoms with Crippen molar-refractivity contribution < 1.29 is 0 Å². The van der Waals surface area contributed by atoms with Crippen LogP contribution in [-0.2, 0) is 25.6 Å². The topological polar surface area (TPSA) is 45.5 Å². The molecule has 25 heavy (non-hydrogen) atoms. The Kier molecular flexibility index (Phi) is 8.40. The molecule has 0 atom stereocenters. The first-order valence-electron chi connectivity index (χ1n) is 7.88. The minimum atomic E-state index is 0. The molecule has 2 aromatic rings. The molecule has 0 spiro atoms. The van der Waals surface area contributed by atoms with Gasteiger partial charge in [-0.05, 0) is 22.0 Å². The molecule has 140 valence electrons. The molecule has 0 fully saturated rings. The number of aryl methyl sites for hydroxylation is 1. The zero-order valence-electron chi connectivity index (χ0n) is 15.6. The summed E-state index contributed by atoms with van der Waals surface area (Å²) in [5.41, 5.74) is 2.37. The van der Waals surface area contributed by atoms with E-state index in [1.54, 1.807) is 18.4 Å². The van der Waals surface area contributed by atoms with Gasteiger partial charge in [-0.15, -0.1) is 35.3 Å². The summed E-state index contributed by atoms with van der Waals surface area (Å²) in [5, 5.41) is 6.68. The van der Waals surface area contributed by atoms with Gasteiger partial charge in [0.25, 0.3) is 0 Å². The number of rotatable bonds is 4. The van der Waals surface area contributed by atoms with Crippen molar-refractivity contribution in [3.8, 4) is 0 Å². The summed E-state index contributed by atoms with van der Waals surface area (Å²) in [4.78, 5) is 11.2. The van der Waals surface area contributed by atoms with Crippen LogP contribution in [-0.4, -0.2) is 34.5 Å². The van der Waals surface area contributed by atoms with E-state index in [0.717, 1.165) is 27.7 Å². The van der Waals surface area contributed by atoms with Crippen molar-refractivity contribution >= 4 is 57.2 Å². The normalized spacial score (nSPS) is 12.0. The molecule has 0 radical (unpaired) electrons. The fraction of sp³-hybridized carbons (Fsp3) is 0.529. The van der Waals surface area contributed by atoms with E-state index in [1.807, 2.05) is 14.1 Å². The highest BCUT2D eigenvalue weighted by Crippen LogP contribution is 2.25. The zero-order chi connectivity index (χ0) is 17.9. The molecular formula is C17H27BrIN5S. The molecule has 0 aromatic carbocycles. The Bertz CT molecular complexity index is 717. The van der Waals surface area contributed by atoms with Crippen LogP contribution in [0.25, 0.3) is 0 Å². The van der Waals surface area contributed by atoms with Gasteiger partial charge in [-0.25, -0.2) is 4.98 Å². The van der Waals surface area contributed by atoms with Crippen molar-refractivity contribution in [2.45, 2.75) is 39.3 Å². The number of hydrogen-bond donors (Lipinski definition) is 1. The molecule has 1 N–H and O–H groups in total. The lowest BCUT2D eigenvalue weighted by atomic mass is 9.98. The summed E-state index contributed by atoms with van der Waals surface area (Å²) in [6.45, 7) is 8.03. The number of thiazole rings is 1. The van der Waals surface area contributed by atoms with E-state index < -0.39 is 0 Å². The Hall–Kier alpha value is -0.610. The van der Waals surface area contributed by atoms with Gasteiger partial charge in [0.15, 0.2) is 5.96 Å². The minimum Gasteiger partial charge on any atom is -0.352 e. The molecule has 2 rings (SSSR count). The molecule has 0 amide bonds. The molecule has 2 aromatic heterocycles. The molecule has 0 unspecified atom stereocenters. The van der Waals surface area contributed by atoms with E-state index >= 15 is 0 Å². The summed E-state index contributed by atoms with van der Waals surface area (Å²) in [5.74, 6) is 0.859. The second kappa shape index (κ2) is 9.36. The smallest absolute Gasteiger partial charge is 0.194 e. The van der Waals surface area contributed by atoms with Crippen molar-refractivity contribution in [3.63, 3.8) is 0 Å². The largest absolute Gasteiger partial charge is 0.352 e. The quantitative estimate of drug-likeness (QED) is 0.356. The van der Waals surface area contributed by atoms with Crippen LogP contribution in [0.4, 0.5) is 0 Å². The number of aromatic nitrogens is 2. The molecule has 0 aliphatic heterocycles. The summed E-state index contributed by atoms with van der Waals surface area (Å²) in [6, 6.07) is 2.12. The highest BCUT2D eigenvalue weighted by molar-refractivity contribution is 14.0. The number of hydrogen-bond acceptors (Lipinski definition) is 3. The van der Waals surface area contributed by atoms with E-state index in [0.29, 0.717) is 6.54 Å². The van der Waals surface area contributed by atoms with Gasteiger partial charge in [0, 0.05) is 48.3 Å². The molecule has 8 heteroatoms. The molecule has 0 aliphatic rings. The third-order valence-electron chi connectivity index (χ3n) is 3.67. The van der Waals surface area contributed by atoms with Crippen LogP contribution in [0.1, 0.15) is 37.2 Å². The molecule has 5 nitrogen and oxygen atoms in total. The van der Waals surface area contributed by atoms with Crippen LogP contribution in [0.2, 0.25) is 0 Å². The van der Waals surface area contributed by atoms with E-state index in [4.69, 9.17) is 4.98 Å². The predicted molar refractivity (Wildman–Crippen MR) is 121 cm³/mol. The fourth-order valence-electron chi connectivity index (χ4n) is 2.33. The minimum absolute atomic E-state index is 0. The van der Waals surface area contributed by atoms with Crippen LogP contribution in [0.5, 0.6) is 0 Å². The number of nitrogens with zero attached hydrogens (tertiary/aromatic N) is 4. The van der Waals surface area contributed by atoms with Crippen molar-refractivity contribution in [3.05, 3.63) is 38.5 Å². The Morgan fingerprint density at radius 2 is 2.12 bits per heavy atom. The van der Waals surface area contributed by atoms with Gasteiger partial charge in [0.1, 0.15) is 0 Å². The van der Waals surface area contributed by atoms with E-state index in [9.17, 15) is 0 Å². The maximum atomic E-state index is 4.72. The SMILES string of the molecule is CN=C(NCc1csc(C(C)(C)C)n1)N(C)Cc1cc(Br)cn1C.I. The monoisotopic (exact) mass is 539 g/mol. The average Bonchev–Trinajstić information content (AvgIpc) is 3.06. The maximum Gasteiger partial charge on any atom is 0.194 e. The van der Waals surface area contributed by atoms with Gasteiger partial charge in [0.05, 0.1) is 23.8 Å². The first kappa shape index (κ1) is 22.4. The fourth-order valence-corrected chi connectivity index (χ4v) is 3.81. The summed E-state index contributed by atoms with van der Waals surface area (Å²) in [6.07, 6.45) is 2.06. The Labute approximate surface area is 180 Å². The lowest BCUT2D eigenvalue weighted by molar-refractivity contribution is 0.461. The van der Waals surface area contributed by atoms with Crippen LogP contribution in [0, 0.1) is 0 Å². The van der Waals surface area contributed by atoms with Crippen LogP contribution < -0.4 is 5.32 Å². The Morgan fingerprint density at radius 1 is 1.44 bits per heavy atom. The second-order valence-corrected chi connectivity index (χ2v) is 8.69. The summed E-state index contributed by atoms with van der Waals surface area (Å²) < 4.78 is 3.21. The third-order valence-corrected chi connectivity index (χ3v) is 5.42. The van der Waals surface area contributed by atoms with Crippen LogP contribution in [0.3, 0.4) is 0 Å². The average molecular weight is 540 g/mol. The summed E-state index contributed by atoms with van der Waals surface area (Å²) in [7, 11) is 5.90. The molecule has 2 heterocycles.